The van der Waals surface area contributed by atoms with Crippen molar-refractivity contribution in [3.8, 4) is 0 Å². The van der Waals surface area contributed by atoms with Crippen molar-refractivity contribution in [3.63, 3.8) is 0 Å². The molecule has 0 spiro atoms. The maximum atomic E-state index is 12.7. The molecule has 0 bridgehead atoms. The minimum atomic E-state index is -0.295. The van der Waals surface area contributed by atoms with Crippen LogP contribution in [-0.4, -0.2) is 60.6 Å². The molecule has 3 amide bonds. The number of ether oxygens (including phenoxy) is 1. The molecule has 27 heavy (non-hydrogen) atoms. The van der Waals surface area contributed by atoms with Crippen LogP contribution in [0.1, 0.15) is 38.2 Å². The maximum absolute atomic E-state index is 12.7. The van der Waals surface area contributed by atoms with Crippen molar-refractivity contribution in [1.82, 2.24) is 9.80 Å². The lowest BCUT2D eigenvalue weighted by Gasteiger charge is -2.35. The molecule has 1 unspecified atom stereocenters. The van der Waals surface area contributed by atoms with E-state index in [0.717, 1.165) is 27.5 Å². The number of halogens is 2. The zero-order valence-corrected chi connectivity index (χ0v) is 18.8. The van der Waals surface area contributed by atoms with Crippen molar-refractivity contribution >= 4 is 49.5 Å². The van der Waals surface area contributed by atoms with Gasteiger partial charge in [-0.05, 0) is 68.3 Å². The van der Waals surface area contributed by atoms with Gasteiger partial charge in [-0.15, -0.1) is 0 Å². The first kappa shape index (κ1) is 20.6. The van der Waals surface area contributed by atoms with Crippen LogP contribution in [0.5, 0.6) is 0 Å². The fourth-order valence-electron chi connectivity index (χ4n) is 3.34. The number of hydrogen-bond donors (Lipinski definition) is 1. The van der Waals surface area contributed by atoms with Crippen molar-refractivity contribution < 1.29 is 14.3 Å². The number of nitrogens with zero attached hydrogens (tertiary/aromatic N) is 2. The van der Waals surface area contributed by atoms with Crippen LogP contribution in [0, 0.1) is 0 Å². The number of nitrogens with one attached hydrogen (secondary N) is 1. The molecule has 2 heterocycles. The van der Waals surface area contributed by atoms with Gasteiger partial charge in [0.2, 0.25) is 0 Å². The van der Waals surface area contributed by atoms with E-state index in [1.807, 2.05) is 17.0 Å². The summed E-state index contributed by atoms with van der Waals surface area (Å²) in [6.45, 7) is 7.04. The summed E-state index contributed by atoms with van der Waals surface area (Å²) in [7, 11) is 0. The zero-order chi connectivity index (χ0) is 19.6. The average molecular weight is 503 g/mol. The van der Waals surface area contributed by atoms with Crippen LogP contribution in [0.3, 0.4) is 0 Å². The summed E-state index contributed by atoms with van der Waals surface area (Å²) >= 11 is 7.11. The molecule has 2 aliphatic heterocycles. The van der Waals surface area contributed by atoms with Gasteiger partial charge < -0.3 is 19.9 Å². The first-order valence-corrected chi connectivity index (χ1v) is 10.9. The van der Waals surface area contributed by atoms with Crippen molar-refractivity contribution in [2.75, 3.05) is 38.1 Å². The van der Waals surface area contributed by atoms with Crippen molar-refractivity contribution in [2.45, 2.75) is 38.7 Å². The average Bonchev–Trinajstić information content (AvgIpc) is 3.18. The lowest BCUT2D eigenvalue weighted by atomic mass is 10.0. The quantitative estimate of drug-likeness (QED) is 0.674. The Morgan fingerprint density at radius 3 is 2.22 bits per heavy atom. The molecule has 148 valence electrons. The highest BCUT2D eigenvalue weighted by atomic mass is 79.9. The largest absolute Gasteiger partial charge is 0.368 e. The summed E-state index contributed by atoms with van der Waals surface area (Å²) in [5.74, 6) is 0.458. The minimum absolute atomic E-state index is 0.0577. The number of rotatable bonds is 3. The number of benzene rings is 1. The molecule has 1 aromatic rings. The minimum Gasteiger partial charge on any atom is -0.368 e. The monoisotopic (exact) mass is 501 g/mol. The first-order chi connectivity index (χ1) is 12.9. The molecule has 3 rings (SSSR count). The number of urea groups is 1. The van der Waals surface area contributed by atoms with E-state index in [-0.39, 0.29) is 18.0 Å². The van der Waals surface area contributed by atoms with E-state index >= 15 is 0 Å². The van der Waals surface area contributed by atoms with Crippen LogP contribution in [0.15, 0.2) is 21.1 Å². The third kappa shape index (κ3) is 4.84. The van der Waals surface area contributed by atoms with Crippen molar-refractivity contribution in [3.05, 3.63) is 26.6 Å². The number of amides is 3. The van der Waals surface area contributed by atoms with Crippen LogP contribution in [0.25, 0.3) is 0 Å². The first-order valence-electron chi connectivity index (χ1n) is 9.32. The Bertz CT molecular complexity index is 689. The third-order valence-electron chi connectivity index (χ3n) is 5.05. The highest BCUT2D eigenvalue weighted by Crippen LogP contribution is 2.35. The third-order valence-corrected chi connectivity index (χ3v) is 6.30. The normalized spacial score (nSPS) is 20.3. The van der Waals surface area contributed by atoms with Gasteiger partial charge in [0.25, 0.3) is 5.91 Å². The molecule has 8 heteroatoms. The Labute approximate surface area is 176 Å². The number of piperazine rings is 1. The summed E-state index contributed by atoms with van der Waals surface area (Å²) < 4.78 is 7.18. The van der Waals surface area contributed by atoms with Gasteiger partial charge >= 0.3 is 6.03 Å². The van der Waals surface area contributed by atoms with Crippen LogP contribution in [0.4, 0.5) is 10.5 Å². The highest BCUT2D eigenvalue weighted by Gasteiger charge is 2.31. The molecule has 1 atom stereocenters. The summed E-state index contributed by atoms with van der Waals surface area (Å²) in [6.07, 6.45) is 1.45. The van der Waals surface area contributed by atoms with Crippen LogP contribution in [0.2, 0.25) is 0 Å². The molecule has 0 aliphatic carbocycles. The fraction of sp³-hybridized carbons (Fsp3) is 0.579. The summed E-state index contributed by atoms with van der Waals surface area (Å²) in [5, 5.41) is 2.98. The van der Waals surface area contributed by atoms with Gasteiger partial charge in [-0.3, -0.25) is 4.79 Å². The second-order valence-corrected chi connectivity index (χ2v) is 8.97. The SMILES string of the molecule is CC(C)c1cc(Br)c(NC(=O)N2CCN(C(=O)C3CCCO3)CC2)c(Br)c1. The molecule has 1 aromatic carbocycles. The molecule has 1 N–H and O–H groups in total. The second-order valence-electron chi connectivity index (χ2n) is 7.26. The van der Waals surface area contributed by atoms with Gasteiger partial charge in [0.15, 0.2) is 0 Å². The highest BCUT2D eigenvalue weighted by molar-refractivity contribution is 9.11. The topological polar surface area (TPSA) is 61.9 Å². The molecule has 2 aliphatic rings. The molecule has 2 fully saturated rings. The summed E-state index contributed by atoms with van der Waals surface area (Å²) in [6, 6.07) is 3.91. The Hall–Kier alpha value is -1.12. The molecular formula is C19H25Br2N3O3. The van der Waals surface area contributed by atoms with Crippen LogP contribution in [-0.2, 0) is 9.53 Å². The molecule has 0 radical (unpaired) electrons. The van der Waals surface area contributed by atoms with Gasteiger partial charge in [0.05, 0.1) is 5.69 Å². The van der Waals surface area contributed by atoms with Gasteiger partial charge in [-0.1, -0.05) is 13.8 Å². The Balaban J connectivity index is 1.58. The van der Waals surface area contributed by atoms with E-state index in [1.165, 1.54) is 5.56 Å². The Morgan fingerprint density at radius 2 is 1.70 bits per heavy atom. The molecular weight excluding hydrogens is 478 g/mol. The molecule has 2 saturated heterocycles. The van der Waals surface area contributed by atoms with Crippen molar-refractivity contribution in [2.24, 2.45) is 0 Å². The number of carbonyl (C=O) groups is 2. The molecule has 0 saturated carbocycles. The Morgan fingerprint density at radius 1 is 1.11 bits per heavy atom. The fourth-order valence-corrected chi connectivity index (χ4v) is 4.76. The summed E-state index contributed by atoms with van der Waals surface area (Å²) in [5.41, 5.74) is 1.91. The van der Waals surface area contributed by atoms with Gasteiger partial charge in [0, 0.05) is 41.7 Å². The number of hydrogen-bond acceptors (Lipinski definition) is 3. The number of anilines is 1. The zero-order valence-electron chi connectivity index (χ0n) is 15.6. The standard InChI is InChI=1S/C19H25Br2N3O3/c1-12(2)13-10-14(20)17(15(21)11-13)22-19(26)24-7-5-23(6-8-24)18(25)16-4-3-9-27-16/h10-12,16H,3-9H2,1-2H3,(H,22,26). The van der Waals surface area contributed by atoms with Gasteiger partial charge in [-0.25, -0.2) is 4.79 Å². The van der Waals surface area contributed by atoms with Gasteiger partial charge in [-0.2, -0.15) is 0 Å². The van der Waals surface area contributed by atoms with E-state index < -0.39 is 0 Å². The molecule has 6 nitrogen and oxygen atoms in total. The maximum Gasteiger partial charge on any atom is 0.322 e. The smallest absolute Gasteiger partial charge is 0.322 e. The van der Waals surface area contributed by atoms with E-state index in [4.69, 9.17) is 4.74 Å². The van der Waals surface area contributed by atoms with Crippen LogP contribution >= 0.6 is 31.9 Å². The predicted octanol–water partition coefficient (Wildman–Crippen LogP) is 4.19. The van der Waals surface area contributed by atoms with Crippen molar-refractivity contribution in [1.29, 1.82) is 0 Å². The number of carbonyl (C=O) groups excluding carboxylic acids is 2. The second kappa shape index (κ2) is 8.92. The van der Waals surface area contributed by atoms with Crippen LogP contribution < -0.4 is 5.32 Å². The summed E-state index contributed by atoms with van der Waals surface area (Å²) in [4.78, 5) is 28.6. The van der Waals surface area contributed by atoms with Gasteiger partial charge in [0.1, 0.15) is 6.10 Å². The lowest BCUT2D eigenvalue weighted by Crippen LogP contribution is -2.53. The van der Waals surface area contributed by atoms with E-state index in [2.05, 4.69) is 51.0 Å². The van der Waals surface area contributed by atoms with E-state index in [9.17, 15) is 9.59 Å². The lowest BCUT2D eigenvalue weighted by molar-refractivity contribution is -0.142. The molecule has 0 aromatic heterocycles. The van der Waals surface area contributed by atoms with E-state index in [0.29, 0.717) is 38.7 Å². The predicted molar refractivity (Wildman–Crippen MR) is 112 cm³/mol. The Kier molecular flexibility index (Phi) is 6.81. The van der Waals surface area contributed by atoms with E-state index in [1.54, 1.807) is 4.90 Å².